The standard InChI is InChI=1S/C25H20ClNO3S2/c1-16-7-3-6-10-20(16)27-24(28)23(32-25(27)31)14-17-11-12-21(22(13-17)29-2)30-15-18-8-4-5-9-19(18)26/h3-14H,15H2,1-2H3/b23-14-. The fourth-order valence-corrected chi connectivity index (χ4v) is 4.78. The number of thiocarbonyl (C=S) groups is 1. The number of hydrogen-bond donors (Lipinski definition) is 0. The largest absolute Gasteiger partial charge is 0.493 e. The Labute approximate surface area is 201 Å². The molecule has 0 saturated carbocycles. The number of nitrogens with zero attached hydrogens (tertiary/aromatic N) is 1. The highest BCUT2D eigenvalue weighted by Crippen LogP contribution is 2.38. The minimum Gasteiger partial charge on any atom is -0.493 e. The van der Waals surface area contributed by atoms with Crippen molar-refractivity contribution >= 4 is 57.6 Å². The van der Waals surface area contributed by atoms with Gasteiger partial charge in [-0.3, -0.25) is 9.69 Å². The number of ether oxygens (including phenoxy) is 2. The van der Waals surface area contributed by atoms with Crippen LogP contribution in [0.4, 0.5) is 5.69 Å². The monoisotopic (exact) mass is 481 g/mol. The number of carbonyl (C=O) groups is 1. The van der Waals surface area contributed by atoms with Crippen LogP contribution in [-0.2, 0) is 11.4 Å². The first-order valence-electron chi connectivity index (χ1n) is 9.86. The molecule has 162 valence electrons. The second-order valence-corrected chi connectivity index (χ2v) is 9.18. The topological polar surface area (TPSA) is 38.8 Å². The van der Waals surface area contributed by atoms with Crippen molar-refractivity contribution in [3.8, 4) is 11.5 Å². The number of anilines is 1. The molecule has 0 atom stereocenters. The number of amides is 1. The molecule has 0 aromatic heterocycles. The molecule has 1 fully saturated rings. The summed E-state index contributed by atoms with van der Waals surface area (Å²) in [6.07, 6.45) is 1.82. The highest BCUT2D eigenvalue weighted by molar-refractivity contribution is 8.27. The molecule has 1 saturated heterocycles. The molecule has 1 aliphatic heterocycles. The molecular formula is C25H20ClNO3S2. The maximum Gasteiger partial charge on any atom is 0.270 e. The lowest BCUT2D eigenvalue weighted by Gasteiger charge is -2.16. The molecule has 1 heterocycles. The zero-order valence-corrected chi connectivity index (χ0v) is 19.9. The number of hydrogen-bond acceptors (Lipinski definition) is 5. The molecule has 3 aromatic carbocycles. The SMILES string of the molecule is COc1cc(/C=C2\SC(=S)N(c3ccccc3C)C2=O)ccc1OCc1ccccc1Cl. The molecule has 7 heteroatoms. The van der Waals surface area contributed by atoms with Gasteiger partial charge in [-0.2, -0.15) is 0 Å². The number of rotatable bonds is 6. The lowest BCUT2D eigenvalue weighted by Crippen LogP contribution is -2.28. The van der Waals surface area contributed by atoms with Crippen molar-refractivity contribution < 1.29 is 14.3 Å². The van der Waals surface area contributed by atoms with Crippen LogP contribution in [0.5, 0.6) is 11.5 Å². The second kappa shape index (κ2) is 9.77. The first-order valence-corrected chi connectivity index (χ1v) is 11.5. The molecule has 32 heavy (non-hydrogen) atoms. The van der Waals surface area contributed by atoms with E-state index in [1.165, 1.54) is 11.8 Å². The smallest absolute Gasteiger partial charge is 0.270 e. The van der Waals surface area contributed by atoms with E-state index in [0.29, 0.717) is 32.4 Å². The van der Waals surface area contributed by atoms with E-state index in [4.69, 9.17) is 33.3 Å². The molecule has 4 rings (SSSR count). The van der Waals surface area contributed by atoms with Crippen molar-refractivity contribution in [2.45, 2.75) is 13.5 Å². The minimum absolute atomic E-state index is 0.132. The molecule has 0 bridgehead atoms. The van der Waals surface area contributed by atoms with E-state index in [0.717, 1.165) is 22.4 Å². The first kappa shape index (κ1) is 22.4. The summed E-state index contributed by atoms with van der Waals surface area (Å²) >= 11 is 13.0. The van der Waals surface area contributed by atoms with Crippen LogP contribution >= 0.6 is 35.6 Å². The number of methoxy groups -OCH3 is 1. The Kier molecular flexibility index (Phi) is 6.84. The van der Waals surface area contributed by atoms with Gasteiger partial charge in [0, 0.05) is 10.6 Å². The van der Waals surface area contributed by atoms with Crippen LogP contribution in [0.2, 0.25) is 5.02 Å². The van der Waals surface area contributed by atoms with Crippen LogP contribution < -0.4 is 14.4 Å². The van der Waals surface area contributed by atoms with Crippen molar-refractivity contribution in [3.05, 3.63) is 93.3 Å². The van der Waals surface area contributed by atoms with Gasteiger partial charge in [0.05, 0.1) is 17.7 Å². The maximum absolute atomic E-state index is 13.1. The Morgan fingerprint density at radius 2 is 1.81 bits per heavy atom. The average molecular weight is 482 g/mol. The summed E-state index contributed by atoms with van der Waals surface area (Å²) in [5.41, 5.74) is 3.50. The summed E-state index contributed by atoms with van der Waals surface area (Å²) in [5.74, 6) is 1.03. The average Bonchev–Trinajstić information content (AvgIpc) is 3.06. The Morgan fingerprint density at radius 1 is 1.06 bits per heavy atom. The Hall–Kier alpha value is -2.80. The van der Waals surface area contributed by atoms with Crippen molar-refractivity contribution in [2.24, 2.45) is 0 Å². The third kappa shape index (κ3) is 4.67. The van der Waals surface area contributed by atoms with Crippen LogP contribution in [0.15, 0.2) is 71.6 Å². The third-order valence-corrected chi connectivity index (χ3v) is 6.65. The van der Waals surface area contributed by atoms with Gasteiger partial charge in [-0.25, -0.2) is 0 Å². The number of benzene rings is 3. The molecule has 1 amide bonds. The van der Waals surface area contributed by atoms with Crippen LogP contribution in [0.25, 0.3) is 6.08 Å². The first-order chi connectivity index (χ1) is 15.5. The molecule has 0 spiro atoms. The van der Waals surface area contributed by atoms with Gasteiger partial charge in [0.25, 0.3) is 5.91 Å². The number of carbonyl (C=O) groups excluding carboxylic acids is 1. The van der Waals surface area contributed by atoms with E-state index in [1.54, 1.807) is 12.0 Å². The number of thioether (sulfide) groups is 1. The summed E-state index contributed by atoms with van der Waals surface area (Å²) in [7, 11) is 1.58. The van der Waals surface area contributed by atoms with Crippen molar-refractivity contribution in [2.75, 3.05) is 12.0 Å². The minimum atomic E-state index is -0.132. The molecule has 3 aromatic rings. The van der Waals surface area contributed by atoms with Crippen LogP contribution in [0, 0.1) is 6.92 Å². The van der Waals surface area contributed by atoms with Crippen molar-refractivity contribution in [1.82, 2.24) is 0 Å². The molecule has 0 radical (unpaired) electrons. The van der Waals surface area contributed by atoms with Gasteiger partial charge in [-0.1, -0.05) is 78.0 Å². The van der Waals surface area contributed by atoms with E-state index >= 15 is 0 Å². The van der Waals surface area contributed by atoms with Crippen LogP contribution in [0.1, 0.15) is 16.7 Å². The van der Waals surface area contributed by atoms with Crippen molar-refractivity contribution in [3.63, 3.8) is 0 Å². The van der Waals surface area contributed by atoms with Gasteiger partial charge in [0.1, 0.15) is 6.61 Å². The zero-order valence-electron chi connectivity index (χ0n) is 17.5. The third-order valence-electron chi connectivity index (χ3n) is 4.98. The Bertz CT molecular complexity index is 1230. The summed E-state index contributed by atoms with van der Waals surface area (Å²) in [5, 5.41) is 0.652. The quantitative estimate of drug-likeness (QED) is 0.291. The highest BCUT2D eigenvalue weighted by atomic mass is 35.5. The molecule has 1 aliphatic rings. The highest BCUT2D eigenvalue weighted by Gasteiger charge is 2.34. The summed E-state index contributed by atoms with van der Waals surface area (Å²) in [6, 6.07) is 20.8. The summed E-state index contributed by atoms with van der Waals surface area (Å²) in [6.45, 7) is 2.29. The zero-order chi connectivity index (χ0) is 22.7. The molecule has 0 aliphatic carbocycles. The summed E-state index contributed by atoms with van der Waals surface area (Å²) in [4.78, 5) is 15.2. The number of halogens is 1. The predicted octanol–water partition coefficient (Wildman–Crippen LogP) is 6.64. The maximum atomic E-state index is 13.1. The fraction of sp³-hybridized carbons (Fsp3) is 0.120. The van der Waals surface area contributed by atoms with Gasteiger partial charge in [-0.15, -0.1) is 0 Å². The lowest BCUT2D eigenvalue weighted by molar-refractivity contribution is -0.113. The Balaban J connectivity index is 1.55. The molecule has 4 nitrogen and oxygen atoms in total. The molecule has 0 N–H and O–H groups in total. The second-order valence-electron chi connectivity index (χ2n) is 7.09. The summed E-state index contributed by atoms with van der Waals surface area (Å²) < 4.78 is 11.9. The predicted molar refractivity (Wildman–Crippen MR) is 136 cm³/mol. The normalized spacial score (nSPS) is 14.8. The van der Waals surface area contributed by atoms with Gasteiger partial charge in [-0.05, 0) is 48.4 Å². The van der Waals surface area contributed by atoms with E-state index in [1.807, 2.05) is 79.7 Å². The number of para-hydroxylation sites is 1. The fourth-order valence-electron chi connectivity index (χ4n) is 3.31. The molecule has 0 unspecified atom stereocenters. The molecular weight excluding hydrogens is 462 g/mol. The van der Waals surface area contributed by atoms with E-state index < -0.39 is 0 Å². The van der Waals surface area contributed by atoms with Crippen LogP contribution in [-0.4, -0.2) is 17.3 Å². The van der Waals surface area contributed by atoms with Gasteiger partial charge < -0.3 is 9.47 Å². The lowest BCUT2D eigenvalue weighted by atomic mass is 10.1. The van der Waals surface area contributed by atoms with E-state index in [2.05, 4.69) is 0 Å². The van der Waals surface area contributed by atoms with E-state index in [9.17, 15) is 4.79 Å². The Morgan fingerprint density at radius 3 is 2.56 bits per heavy atom. The van der Waals surface area contributed by atoms with Gasteiger partial charge in [0.2, 0.25) is 0 Å². The van der Waals surface area contributed by atoms with Crippen LogP contribution in [0.3, 0.4) is 0 Å². The van der Waals surface area contributed by atoms with Gasteiger partial charge in [0.15, 0.2) is 15.8 Å². The van der Waals surface area contributed by atoms with Gasteiger partial charge >= 0.3 is 0 Å². The number of aryl methyl sites for hydroxylation is 1. The van der Waals surface area contributed by atoms with E-state index in [-0.39, 0.29) is 5.91 Å². The van der Waals surface area contributed by atoms with Crippen molar-refractivity contribution in [1.29, 1.82) is 0 Å².